The van der Waals surface area contributed by atoms with Crippen LogP contribution in [0.5, 0.6) is 5.75 Å². The van der Waals surface area contributed by atoms with E-state index in [0.717, 1.165) is 42.6 Å². The van der Waals surface area contributed by atoms with Crippen molar-refractivity contribution in [3.63, 3.8) is 0 Å². The minimum absolute atomic E-state index is 0.00949. The molecule has 40 heavy (non-hydrogen) atoms. The molecule has 0 bridgehead atoms. The molecule has 2 saturated heterocycles. The third kappa shape index (κ3) is 5.72. The summed E-state index contributed by atoms with van der Waals surface area (Å²) in [5, 5.41) is 1.20. The van der Waals surface area contributed by atoms with Gasteiger partial charge in [0.05, 0.1) is 24.8 Å². The van der Waals surface area contributed by atoms with Gasteiger partial charge in [-0.25, -0.2) is 8.78 Å². The number of carbonyl (C=O) groups excluding carboxylic acids is 1. The van der Waals surface area contributed by atoms with Crippen LogP contribution in [-0.4, -0.2) is 54.7 Å². The van der Waals surface area contributed by atoms with Gasteiger partial charge in [-0.3, -0.25) is 9.69 Å². The van der Waals surface area contributed by atoms with Crippen molar-refractivity contribution in [3.05, 3.63) is 98.8 Å². The molecular weight excluding hydrogens is 553 g/mol. The summed E-state index contributed by atoms with van der Waals surface area (Å²) in [6, 6.07) is 18.9. The Morgan fingerprint density at radius 1 is 1.02 bits per heavy atom. The Balaban J connectivity index is 1.18. The van der Waals surface area contributed by atoms with Crippen LogP contribution in [0.25, 0.3) is 0 Å². The molecule has 0 radical (unpaired) electrons. The lowest BCUT2D eigenvalue weighted by atomic mass is 9.79. The molecule has 2 heterocycles. The van der Waals surface area contributed by atoms with Gasteiger partial charge in [-0.1, -0.05) is 60.5 Å². The van der Waals surface area contributed by atoms with Crippen molar-refractivity contribution in [2.45, 2.75) is 44.3 Å². The zero-order chi connectivity index (χ0) is 28.0. The number of likely N-dealkylation sites (tertiary alicyclic amines) is 2. The minimum Gasteiger partial charge on any atom is -0.493 e. The molecule has 2 unspecified atom stereocenters. The molecule has 210 valence electrons. The van der Waals surface area contributed by atoms with Crippen molar-refractivity contribution in [1.29, 1.82) is 0 Å². The fourth-order valence-corrected chi connectivity index (χ4v) is 6.63. The third-order valence-electron chi connectivity index (χ3n) is 8.19. The number of alkyl halides is 1. The van der Waals surface area contributed by atoms with Crippen molar-refractivity contribution in [2.75, 3.05) is 32.8 Å². The van der Waals surface area contributed by atoms with Crippen LogP contribution in [0.1, 0.15) is 65.2 Å². The highest BCUT2D eigenvalue weighted by Crippen LogP contribution is 2.47. The second-order valence-corrected chi connectivity index (χ2v) is 12.7. The average molecular weight is 586 g/mol. The molecule has 0 N–H and O–H groups in total. The molecule has 3 aliphatic rings. The number of hydrogen-bond donors (Lipinski definition) is 0. The van der Waals surface area contributed by atoms with Gasteiger partial charge in [0.1, 0.15) is 17.7 Å². The Morgan fingerprint density at radius 2 is 1.73 bits per heavy atom. The molecule has 1 aliphatic carbocycles. The number of carbonyl (C=O) groups is 1. The molecule has 3 fully saturated rings. The molecule has 3 aromatic carbocycles. The highest BCUT2D eigenvalue weighted by molar-refractivity contribution is 6.34. The zero-order valence-corrected chi connectivity index (χ0v) is 23.9. The van der Waals surface area contributed by atoms with E-state index in [4.69, 9.17) is 27.9 Å². The van der Waals surface area contributed by atoms with Gasteiger partial charge in [-0.15, -0.1) is 0 Å². The zero-order valence-electron chi connectivity index (χ0n) is 22.4. The van der Waals surface area contributed by atoms with E-state index in [9.17, 15) is 9.18 Å². The summed E-state index contributed by atoms with van der Waals surface area (Å²) in [6.07, 6.45) is 1.22. The largest absolute Gasteiger partial charge is 0.493 e. The third-order valence-corrected chi connectivity index (χ3v) is 8.63. The van der Waals surface area contributed by atoms with Crippen LogP contribution in [0.3, 0.4) is 0 Å². The van der Waals surface area contributed by atoms with E-state index in [-0.39, 0.29) is 29.5 Å². The first-order valence-corrected chi connectivity index (χ1v) is 14.6. The minimum atomic E-state index is -1.04. The van der Waals surface area contributed by atoms with E-state index in [0.29, 0.717) is 35.4 Å². The van der Waals surface area contributed by atoms with Crippen molar-refractivity contribution in [1.82, 2.24) is 9.80 Å². The second kappa shape index (κ2) is 11.0. The highest BCUT2D eigenvalue weighted by Gasteiger charge is 2.44. The molecule has 1 saturated carbocycles. The first-order valence-electron chi connectivity index (χ1n) is 13.8. The molecule has 0 spiro atoms. The van der Waals surface area contributed by atoms with Gasteiger partial charge in [-0.2, -0.15) is 0 Å². The molecule has 4 nitrogen and oxygen atoms in total. The number of benzene rings is 3. The van der Waals surface area contributed by atoms with Gasteiger partial charge in [-0.05, 0) is 66.1 Å². The van der Waals surface area contributed by atoms with Crippen LogP contribution in [0.4, 0.5) is 8.78 Å². The lowest BCUT2D eigenvalue weighted by Crippen LogP contribution is -2.58. The number of ether oxygens (including phenoxy) is 1. The molecule has 1 amide bonds. The van der Waals surface area contributed by atoms with Crippen LogP contribution in [0.15, 0.2) is 60.7 Å². The monoisotopic (exact) mass is 584 g/mol. The van der Waals surface area contributed by atoms with E-state index in [2.05, 4.69) is 24.0 Å². The number of rotatable bonds is 8. The lowest BCUT2D eigenvalue weighted by Gasteiger charge is -2.51. The molecule has 2 atom stereocenters. The maximum absolute atomic E-state index is 15.2. The van der Waals surface area contributed by atoms with E-state index in [1.165, 1.54) is 11.0 Å². The smallest absolute Gasteiger partial charge is 0.256 e. The number of nitrogens with zero attached hydrogens (tertiary/aromatic N) is 2. The lowest BCUT2D eigenvalue weighted by molar-refractivity contribution is -0.0379. The summed E-state index contributed by atoms with van der Waals surface area (Å²) in [5.41, 5.74) is 2.92. The Kier molecular flexibility index (Phi) is 7.53. The average Bonchev–Trinajstić information content (AvgIpc) is 3.65. The van der Waals surface area contributed by atoms with Crippen LogP contribution in [0, 0.1) is 11.2 Å². The first-order chi connectivity index (χ1) is 19.2. The summed E-state index contributed by atoms with van der Waals surface area (Å²) < 4.78 is 35.1. The predicted octanol–water partition coefficient (Wildman–Crippen LogP) is 7.68. The molecule has 6 rings (SSSR count). The van der Waals surface area contributed by atoms with Crippen LogP contribution >= 0.6 is 23.2 Å². The summed E-state index contributed by atoms with van der Waals surface area (Å²) in [5.74, 6) is -0.299. The summed E-state index contributed by atoms with van der Waals surface area (Å²) in [6.45, 7) is 4.47. The van der Waals surface area contributed by atoms with Crippen molar-refractivity contribution >= 4 is 29.1 Å². The second-order valence-electron chi connectivity index (χ2n) is 11.8. The number of amides is 1. The number of halogens is 4. The maximum Gasteiger partial charge on any atom is 0.256 e. The summed E-state index contributed by atoms with van der Waals surface area (Å²) >= 11 is 12.7. The van der Waals surface area contributed by atoms with Crippen LogP contribution in [-0.2, 0) is 0 Å². The molecule has 2 aliphatic heterocycles. The van der Waals surface area contributed by atoms with Gasteiger partial charge in [0.15, 0.2) is 0 Å². The van der Waals surface area contributed by atoms with E-state index >= 15 is 4.39 Å². The van der Waals surface area contributed by atoms with Gasteiger partial charge in [0.25, 0.3) is 5.91 Å². The predicted molar refractivity (Wildman–Crippen MR) is 154 cm³/mol. The van der Waals surface area contributed by atoms with Gasteiger partial charge >= 0.3 is 0 Å². The maximum atomic E-state index is 15.2. The Bertz CT molecular complexity index is 1390. The van der Waals surface area contributed by atoms with E-state index in [1.54, 1.807) is 12.1 Å². The highest BCUT2D eigenvalue weighted by atomic mass is 35.5. The van der Waals surface area contributed by atoms with Crippen molar-refractivity contribution in [3.8, 4) is 5.75 Å². The summed E-state index contributed by atoms with van der Waals surface area (Å²) in [4.78, 5) is 16.7. The Hall–Kier alpha value is -2.67. The van der Waals surface area contributed by atoms with Crippen LogP contribution in [0.2, 0.25) is 10.0 Å². The topological polar surface area (TPSA) is 32.8 Å². The summed E-state index contributed by atoms with van der Waals surface area (Å²) in [7, 11) is 0. The fourth-order valence-electron chi connectivity index (χ4n) is 6.09. The molecule has 0 aromatic heterocycles. The number of hydrogen-bond acceptors (Lipinski definition) is 3. The van der Waals surface area contributed by atoms with Gasteiger partial charge in [0, 0.05) is 41.2 Å². The van der Waals surface area contributed by atoms with Gasteiger partial charge < -0.3 is 9.64 Å². The normalized spacial score (nSPS) is 21.2. The molecule has 3 aromatic rings. The quantitative estimate of drug-likeness (QED) is 0.272. The SMILES string of the molecule is CC1(COc2cc(F)c(C(=O)N3CCC(F)C3)cc2C2CC2)CN(C(c2ccccc2)c2cc(Cl)cc(Cl)c2)C1. The first kappa shape index (κ1) is 27.5. The Labute approximate surface area is 243 Å². The molecular formula is C32H32Cl2F2N2O2. The van der Waals surface area contributed by atoms with Gasteiger partial charge in [0.2, 0.25) is 0 Å². The van der Waals surface area contributed by atoms with E-state index < -0.39 is 17.9 Å². The standard InChI is InChI=1S/C32H32Cl2F2N2O2/c1-32(17-38(18-32)30(21-5-3-2-4-6-21)22-11-23(33)13-24(34)12-22)19-40-29-15-28(36)27(14-26(29)20-7-8-20)31(39)37-10-9-25(35)16-37/h2-6,11-15,20,25,30H,7-10,16-19H2,1H3. The fraction of sp³-hybridized carbons (Fsp3) is 0.406. The molecule has 8 heteroatoms. The van der Waals surface area contributed by atoms with E-state index in [1.807, 2.05) is 30.3 Å². The van der Waals surface area contributed by atoms with Crippen molar-refractivity contribution < 1.29 is 18.3 Å². The Morgan fingerprint density at radius 3 is 2.35 bits per heavy atom. The van der Waals surface area contributed by atoms with Crippen molar-refractivity contribution in [2.24, 2.45) is 5.41 Å². The van der Waals surface area contributed by atoms with Crippen LogP contribution < -0.4 is 4.74 Å².